The molecule has 0 bridgehead atoms. The molecule has 13 heteroatoms. The summed E-state index contributed by atoms with van der Waals surface area (Å²) in [5.41, 5.74) is -1.57. The van der Waals surface area contributed by atoms with Crippen molar-refractivity contribution < 1.29 is 33.5 Å². The summed E-state index contributed by atoms with van der Waals surface area (Å²) in [5.74, 6) is 5.08. The number of ether oxygens (including phenoxy) is 1. The van der Waals surface area contributed by atoms with Crippen molar-refractivity contribution >= 4 is 13.7 Å². The molecule has 5 N–H and O–H groups in total. The van der Waals surface area contributed by atoms with Gasteiger partial charge in [-0.3, -0.25) is 23.7 Å². The van der Waals surface area contributed by atoms with Gasteiger partial charge in [-0.15, -0.1) is 0 Å². The molecule has 1 saturated heterocycles. The zero-order valence-electron chi connectivity index (χ0n) is 16.9. The van der Waals surface area contributed by atoms with Crippen LogP contribution in [0, 0.1) is 11.8 Å². The zero-order valence-corrected chi connectivity index (χ0v) is 17.8. The summed E-state index contributed by atoms with van der Waals surface area (Å²) in [6, 6.07) is 0. The third kappa shape index (κ3) is 8.06. The maximum absolute atomic E-state index is 12.1. The van der Waals surface area contributed by atoms with Crippen LogP contribution in [0.4, 0.5) is 0 Å². The summed E-state index contributed by atoms with van der Waals surface area (Å²) < 4.78 is 21.6. The number of carbonyl (C=O) groups excluding carboxylic acids is 1. The van der Waals surface area contributed by atoms with Crippen LogP contribution in [0.25, 0.3) is 0 Å². The van der Waals surface area contributed by atoms with Gasteiger partial charge in [-0.25, -0.2) is 9.36 Å². The van der Waals surface area contributed by atoms with Gasteiger partial charge in [-0.1, -0.05) is 31.6 Å². The zero-order chi connectivity index (χ0) is 23.0. The highest BCUT2D eigenvalue weighted by molar-refractivity contribution is 7.46. The lowest BCUT2D eigenvalue weighted by Gasteiger charge is -2.16. The van der Waals surface area contributed by atoms with Crippen molar-refractivity contribution in [1.82, 2.24) is 14.9 Å². The maximum Gasteiger partial charge on any atom is 0.469 e. The summed E-state index contributed by atoms with van der Waals surface area (Å²) in [6.45, 7) is 1.49. The Balaban J connectivity index is 2.04. The molecule has 0 saturated carbocycles. The molecule has 1 aromatic rings. The van der Waals surface area contributed by atoms with E-state index in [0.717, 1.165) is 23.8 Å². The molecule has 12 nitrogen and oxygen atoms in total. The van der Waals surface area contributed by atoms with Gasteiger partial charge in [0.05, 0.1) is 19.3 Å². The van der Waals surface area contributed by atoms with Crippen LogP contribution in [0.2, 0.25) is 0 Å². The molecule has 1 aliphatic rings. The topological polar surface area (TPSA) is 180 Å². The number of phosphoric ester groups is 1. The molecular weight excluding hydrogens is 433 g/mol. The number of unbranched alkanes of at least 4 members (excludes halogenated alkanes) is 2. The molecule has 1 aromatic heterocycles. The number of amides is 1. The van der Waals surface area contributed by atoms with E-state index in [-0.39, 0.29) is 24.4 Å². The number of aromatic nitrogens is 2. The monoisotopic (exact) mass is 459 g/mol. The number of hydrogen-bond acceptors (Lipinski definition) is 7. The van der Waals surface area contributed by atoms with Gasteiger partial charge in [0, 0.05) is 19.0 Å². The fourth-order valence-corrected chi connectivity index (χ4v) is 3.24. The van der Waals surface area contributed by atoms with Crippen molar-refractivity contribution in [3.05, 3.63) is 32.6 Å². The van der Waals surface area contributed by atoms with Gasteiger partial charge in [-0.2, -0.15) is 0 Å². The summed E-state index contributed by atoms with van der Waals surface area (Å²) in [6.07, 6.45) is 1.03. The number of nitrogens with zero attached hydrogens (tertiary/aromatic N) is 1. The number of phosphoric acid groups is 1. The second-order valence-corrected chi connectivity index (χ2v) is 8.20. The predicted octanol–water partition coefficient (Wildman–Crippen LogP) is -0.658. The lowest BCUT2D eigenvalue weighted by Crippen LogP contribution is -2.33. The van der Waals surface area contributed by atoms with Crippen LogP contribution in [-0.4, -0.2) is 55.7 Å². The first kappa shape index (κ1) is 25.0. The van der Waals surface area contributed by atoms with E-state index in [2.05, 4.69) is 26.7 Å². The SMILES string of the molecule is CCCCCC(=O)NCC#Cc1cn([C@H]2C[C@H](O)[C@@H](COP(=O)(O)O)O2)c(=O)[nH]c1=O. The van der Waals surface area contributed by atoms with Crippen molar-refractivity contribution in [1.29, 1.82) is 0 Å². The molecule has 0 aromatic carbocycles. The molecule has 31 heavy (non-hydrogen) atoms. The Morgan fingerprint density at radius 1 is 1.42 bits per heavy atom. The number of nitrogens with one attached hydrogen (secondary N) is 2. The van der Waals surface area contributed by atoms with Crippen molar-refractivity contribution in [2.24, 2.45) is 0 Å². The number of carbonyl (C=O) groups is 1. The molecule has 1 fully saturated rings. The van der Waals surface area contributed by atoms with E-state index < -0.39 is 44.1 Å². The third-order valence-corrected chi connectivity index (χ3v) is 4.98. The minimum absolute atomic E-state index is 0.0317. The van der Waals surface area contributed by atoms with Crippen LogP contribution in [0.15, 0.2) is 15.8 Å². The lowest BCUT2D eigenvalue weighted by molar-refractivity contribution is -0.120. The van der Waals surface area contributed by atoms with Gasteiger partial charge in [-0.05, 0) is 6.42 Å². The number of H-pyrrole nitrogens is 1. The normalized spacial score (nSPS) is 20.8. The molecule has 0 aliphatic carbocycles. The van der Waals surface area contributed by atoms with E-state index in [1.807, 2.05) is 6.92 Å². The molecular formula is C18H26N3O9P. The standard InChI is InChI=1S/C18H26N3O9P/c1-2-3-4-7-15(23)19-8-5-6-12-10-21(18(25)20-17(12)24)16-9-13(22)14(30-16)11-29-31(26,27)28/h10,13-14,16,22H,2-4,7-9,11H2,1H3,(H,19,23)(H,20,24,25)(H2,26,27,28)/t13-,14+,16+/m0/s1. The first-order chi connectivity index (χ1) is 14.6. The van der Waals surface area contributed by atoms with E-state index >= 15 is 0 Å². The Bertz CT molecular complexity index is 987. The van der Waals surface area contributed by atoms with Crippen LogP contribution in [0.1, 0.15) is 50.8 Å². The summed E-state index contributed by atoms with van der Waals surface area (Å²) in [5, 5.41) is 12.6. The van der Waals surface area contributed by atoms with Crippen LogP contribution in [-0.2, 0) is 18.6 Å². The highest BCUT2D eigenvalue weighted by Crippen LogP contribution is 2.38. The minimum Gasteiger partial charge on any atom is -0.390 e. The lowest BCUT2D eigenvalue weighted by atomic mass is 10.2. The molecule has 2 heterocycles. The first-order valence-corrected chi connectivity index (χ1v) is 11.3. The minimum atomic E-state index is -4.75. The van der Waals surface area contributed by atoms with E-state index in [1.165, 1.54) is 6.20 Å². The quantitative estimate of drug-likeness (QED) is 0.182. The Morgan fingerprint density at radius 3 is 2.84 bits per heavy atom. The molecule has 3 atom stereocenters. The molecule has 0 spiro atoms. The average molecular weight is 459 g/mol. The van der Waals surface area contributed by atoms with Crippen molar-refractivity contribution in [3.63, 3.8) is 0 Å². The smallest absolute Gasteiger partial charge is 0.390 e. The molecule has 1 amide bonds. The van der Waals surface area contributed by atoms with E-state index in [0.29, 0.717) is 6.42 Å². The fourth-order valence-electron chi connectivity index (χ4n) is 2.90. The number of aliphatic hydroxyl groups is 1. The largest absolute Gasteiger partial charge is 0.469 e. The number of rotatable bonds is 9. The summed E-state index contributed by atoms with van der Waals surface area (Å²) in [7, 11) is -4.75. The third-order valence-electron chi connectivity index (χ3n) is 4.49. The van der Waals surface area contributed by atoms with Gasteiger partial charge in [0.15, 0.2) is 0 Å². The van der Waals surface area contributed by atoms with Gasteiger partial charge in [0.1, 0.15) is 17.9 Å². The van der Waals surface area contributed by atoms with Crippen LogP contribution >= 0.6 is 7.82 Å². The van der Waals surface area contributed by atoms with E-state index in [4.69, 9.17) is 14.5 Å². The molecule has 1 aliphatic heterocycles. The second-order valence-electron chi connectivity index (χ2n) is 6.96. The van der Waals surface area contributed by atoms with Gasteiger partial charge in [0.2, 0.25) is 5.91 Å². The number of hydrogen-bond donors (Lipinski definition) is 5. The van der Waals surface area contributed by atoms with Crippen molar-refractivity contribution in [2.45, 2.75) is 57.5 Å². The molecule has 0 radical (unpaired) electrons. The highest BCUT2D eigenvalue weighted by atomic mass is 31.2. The van der Waals surface area contributed by atoms with Gasteiger partial charge in [0.25, 0.3) is 5.56 Å². The highest BCUT2D eigenvalue weighted by Gasteiger charge is 2.37. The average Bonchev–Trinajstić information content (AvgIpc) is 3.05. The molecule has 172 valence electrons. The summed E-state index contributed by atoms with van der Waals surface area (Å²) >= 11 is 0. The Morgan fingerprint density at radius 2 is 2.16 bits per heavy atom. The van der Waals surface area contributed by atoms with Gasteiger partial charge >= 0.3 is 13.5 Å². The van der Waals surface area contributed by atoms with Crippen molar-refractivity contribution in [3.8, 4) is 11.8 Å². The first-order valence-electron chi connectivity index (χ1n) is 9.75. The molecule has 0 unspecified atom stereocenters. The van der Waals surface area contributed by atoms with Crippen LogP contribution in [0.3, 0.4) is 0 Å². The fraction of sp³-hybridized carbons (Fsp3) is 0.611. The van der Waals surface area contributed by atoms with Crippen LogP contribution in [0.5, 0.6) is 0 Å². The summed E-state index contributed by atoms with van der Waals surface area (Å²) in [4.78, 5) is 55.4. The Kier molecular flexibility index (Phi) is 9.18. The second kappa shape index (κ2) is 11.4. The Labute approximate surface area is 177 Å². The van der Waals surface area contributed by atoms with Gasteiger partial charge < -0.3 is 24.9 Å². The Hall–Kier alpha value is -2.26. The van der Waals surface area contributed by atoms with E-state index in [9.17, 15) is 24.1 Å². The van der Waals surface area contributed by atoms with Crippen molar-refractivity contribution in [2.75, 3.05) is 13.2 Å². The van der Waals surface area contributed by atoms with E-state index in [1.54, 1.807) is 0 Å². The maximum atomic E-state index is 12.1. The predicted molar refractivity (Wildman–Crippen MR) is 108 cm³/mol. The molecule has 2 rings (SSSR count). The number of aromatic amines is 1. The van der Waals surface area contributed by atoms with Crippen LogP contribution < -0.4 is 16.6 Å². The number of aliphatic hydroxyl groups excluding tert-OH is 1.